The fourth-order valence-corrected chi connectivity index (χ4v) is 4.69. The molecule has 10 nitrogen and oxygen atoms in total. The van der Waals surface area contributed by atoms with Crippen molar-refractivity contribution in [3.05, 3.63) is 84.8 Å². The van der Waals surface area contributed by atoms with Gasteiger partial charge in [-0.2, -0.15) is 4.98 Å². The Labute approximate surface area is 226 Å². The van der Waals surface area contributed by atoms with E-state index in [1.165, 1.54) is 5.69 Å². The van der Waals surface area contributed by atoms with E-state index >= 15 is 0 Å². The zero-order valence-corrected chi connectivity index (χ0v) is 21.7. The standard InChI is InChI=1S/C29H30N8O2/c1-36(18-24(38)20-5-3-2-4-6-20)25-12-7-21(17-30-25)26-27-28(32-19-31-27)35-29(34-26)33-22-8-10-23(11-9-22)37-13-15-39-16-14-37/h2-12,17,19,24,38H,13-16,18H2,1H3,(H2,31,32,33,34,35). The summed E-state index contributed by atoms with van der Waals surface area (Å²) >= 11 is 0. The van der Waals surface area contributed by atoms with Crippen molar-refractivity contribution in [2.24, 2.45) is 0 Å². The molecule has 1 fully saturated rings. The van der Waals surface area contributed by atoms with Gasteiger partial charge >= 0.3 is 0 Å². The molecule has 39 heavy (non-hydrogen) atoms. The van der Waals surface area contributed by atoms with E-state index in [9.17, 15) is 5.11 Å². The first-order valence-corrected chi connectivity index (χ1v) is 13.0. The largest absolute Gasteiger partial charge is 0.387 e. The summed E-state index contributed by atoms with van der Waals surface area (Å²) in [5, 5.41) is 13.9. The number of hydrogen-bond donors (Lipinski definition) is 3. The van der Waals surface area contributed by atoms with Gasteiger partial charge in [-0.05, 0) is 42.0 Å². The fraction of sp³-hybridized carbons (Fsp3) is 0.241. The molecule has 10 heteroatoms. The second kappa shape index (κ2) is 11.1. The lowest BCUT2D eigenvalue weighted by Crippen LogP contribution is -2.36. The van der Waals surface area contributed by atoms with Crippen LogP contribution in [-0.2, 0) is 4.74 Å². The molecule has 0 bridgehead atoms. The Kier molecular flexibility index (Phi) is 7.03. The molecule has 3 aromatic heterocycles. The molecule has 1 aliphatic rings. The van der Waals surface area contributed by atoms with Gasteiger partial charge in [-0.15, -0.1) is 0 Å². The number of benzene rings is 2. The van der Waals surface area contributed by atoms with Gasteiger partial charge in [-0.1, -0.05) is 30.3 Å². The van der Waals surface area contributed by atoms with E-state index in [1.807, 2.05) is 66.5 Å². The highest BCUT2D eigenvalue weighted by atomic mass is 16.5. The fourth-order valence-electron chi connectivity index (χ4n) is 4.69. The smallest absolute Gasteiger partial charge is 0.229 e. The van der Waals surface area contributed by atoms with Crippen LogP contribution in [0.5, 0.6) is 0 Å². The Morgan fingerprint density at radius 3 is 2.54 bits per heavy atom. The minimum atomic E-state index is -0.610. The van der Waals surface area contributed by atoms with Crippen LogP contribution in [0.1, 0.15) is 11.7 Å². The summed E-state index contributed by atoms with van der Waals surface area (Å²) in [5.74, 6) is 1.21. The van der Waals surface area contributed by atoms with Crippen molar-refractivity contribution in [3.8, 4) is 11.3 Å². The molecule has 6 rings (SSSR count). The zero-order chi connectivity index (χ0) is 26.6. The molecule has 4 heterocycles. The molecule has 3 N–H and O–H groups in total. The highest BCUT2D eigenvalue weighted by molar-refractivity contribution is 5.88. The number of morpholine rings is 1. The molecule has 2 aromatic carbocycles. The summed E-state index contributed by atoms with van der Waals surface area (Å²) < 4.78 is 5.45. The van der Waals surface area contributed by atoms with Crippen LogP contribution in [-0.4, -0.2) is 69.9 Å². The molecule has 1 saturated heterocycles. The number of nitrogens with zero attached hydrogens (tertiary/aromatic N) is 6. The molecule has 198 valence electrons. The third-order valence-electron chi connectivity index (χ3n) is 6.83. The minimum absolute atomic E-state index is 0.424. The van der Waals surface area contributed by atoms with Crippen molar-refractivity contribution in [1.82, 2.24) is 24.9 Å². The summed E-state index contributed by atoms with van der Waals surface area (Å²) in [6.07, 6.45) is 2.79. The molecule has 0 amide bonds. The SMILES string of the molecule is CN(CC(O)c1ccccc1)c1ccc(-c2nc(Nc3ccc(N4CCOCC4)cc3)nc3nc[nH]c23)cn1. The normalized spacial score (nSPS) is 14.4. The van der Waals surface area contributed by atoms with Gasteiger partial charge in [0, 0.05) is 49.8 Å². The lowest BCUT2D eigenvalue weighted by atomic mass is 10.1. The number of fused-ring (bicyclic) bond motifs is 1. The average molecular weight is 523 g/mol. The van der Waals surface area contributed by atoms with E-state index < -0.39 is 6.10 Å². The number of rotatable bonds is 8. The minimum Gasteiger partial charge on any atom is -0.387 e. The van der Waals surface area contributed by atoms with Gasteiger partial charge in [-0.3, -0.25) is 0 Å². The van der Waals surface area contributed by atoms with E-state index in [2.05, 4.69) is 42.3 Å². The first-order chi connectivity index (χ1) is 19.1. The number of anilines is 4. The van der Waals surface area contributed by atoms with Crippen molar-refractivity contribution in [2.75, 3.05) is 55.0 Å². The van der Waals surface area contributed by atoms with Crippen molar-refractivity contribution in [2.45, 2.75) is 6.10 Å². The first kappa shape index (κ1) is 24.8. The van der Waals surface area contributed by atoms with E-state index in [0.29, 0.717) is 23.8 Å². The number of likely N-dealkylation sites (N-methyl/N-ethyl adjacent to an activating group) is 1. The van der Waals surface area contributed by atoms with Gasteiger partial charge in [0.25, 0.3) is 0 Å². The number of pyridine rings is 1. The Morgan fingerprint density at radius 2 is 1.79 bits per heavy atom. The third kappa shape index (κ3) is 5.52. The van der Waals surface area contributed by atoms with Crippen molar-refractivity contribution in [3.63, 3.8) is 0 Å². The number of aliphatic hydroxyl groups excluding tert-OH is 1. The number of imidazole rings is 1. The molecule has 0 radical (unpaired) electrons. The number of ether oxygens (including phenoxy) is 1. The summed E-state index contributed by atoms with van der Waals surface area (Å²) in [6, 6.07) is 21.8. The van der Waals surface area contributed by atoms with Crippen LogP contribution in [0.4, 0.5) is 23.1 Å². The molecule has 1 aliphatic heterocycles. The zero-order valence-electron chi connectivity index (χ0n) is 21.7. The van der Waals surface area contributed by atoms with E-state index in [1.54, 1.807) is 12.5 Å². The van der Waals surface area contributed by atoms with Gasteiger partial charge in [0.05, 0.1) is 25.6 Å². The number of H-pyrrole nitrogens is 1. The van der Waals surface area contributed by atoms with Gasteiger partial charge in [0.15, 0.2) is 5.65 Å². The summed E-state index contributed by atoms with van der Waals surface area (Å²) in [6.45, 7) is 3.72. The number of hydrogen-bond acceptors (Lipinski definition) is 9. The maximum absolute atomic E-state index is 10.6. The van der Waals surface area contributed by atoms with Crippen molar-refractivity contribution in [1.29, 1.82) is 0 Å². The van der Waals surface area contributed by atoms with E-state index in [0.717, 1.165) is 54.5 Å². The van der Waals surface area contributed by atoms with Gasteiger partial charge < -0.3 is 29.9 Å². The summed E-state index contributed by atoms with van der Waals surface area (Å²) in [5.41, 5.74) is 5.78. The van der Waals surface area contributed by atoms with Crippen molar-refractivity contribution < 1.29 is 9.84 Å². The monoisotopic (exact) mass is 522 g/mol. The maximum atomic E-state index is 10.6. The molecule has 5 aromatic rings. The second-order valence-electron chi connectivity index (χ2n) is 9.48. The highest BCUT2D eigenvalue weighted by Crippen LogP contribution is 2.28. The van der Waals surface area contributed by atoms with Crippen LogP contribution in [0, 0.1) is 0 Å². The van der Waals surface area contributed by atoms with Crippen molar-refractivity contribution >= 4 is 34.3 Å². The van der Waals surface area contributed by atoms with Crippen LogP contribution in [0.3, 0.4) is 0 Å². The second-order valence-corrected chi connectivity index (χ2v) is 9.48. The number of aromatic nitrogens is 5. The van der Waals surface area contributed by atoms with Crippen LogP contribution in [0.2, 0.25) is 0 Å². The molecule has 1 atom stereocenters. The quantitative estimate of drug-likeness (QED) is 0.276. The predicted octanol–water partition coefficient (Wildman–Crippen LogP) is 4.16. The van der Waals surface area contributed by atoms with Gasteiger partial charge in [0.2, 0.25) is 5.95 Å². The molecule has 1 unspecified atom stereocenters. The average Bonchev–Trinajstić information content (AvgIpc) is 3.47. The third-order valence-corrected chi connectivity index (χ3v) is 6.83. The Bertz CT molecular complexity index is 1520. The topological polar surface area (TPSA) is 115 Å². The van der Waals surface area contributed by atoms with Crippen LogP contribution < -0.4 is 15.1 Å². The van der Waals surface area contributed by atoms with Crippen LogP contribution >= 0.6 is 0 Å². The maximum Gasteiger partial charge on any atom is 0.229 e. The van der Waals surface area contributed by atoms with Gasteiger partial charge in [0.1, 0.15) is 17.0 Å². The highest BCUT2D eigenvalue weighted by Gasteiger charge is 2.16. The lowest BCUT2D eigenvalue weighted by Gasteiger charge is -2.28. The molecular weight excluding hydrogens is 492 g/mol. The predicted molar refractivity (Wildman–Crippen MR) is 152 cm³/mol. The first-order valence-electron chi connectivity index (χ1n) is 13.0. The summed E-state index contributed by atoms with van der Waals surface area (Å²) in [7, 11) is 1.91. The number of nitrogens with one attached hydrogen (secondary N) is 2. The number of aliphatic hydroxyl groups is 1. The van der Waals surface area contributed by atoms with Crippen LogP contribution in [0.15, 0.2) is 79.3 Å². The molecule has 0 saturated carbocycles. The number of aromatic amines is 1. The molecule has 0 spiro atoms. The van der Waals surface area contributed by atoms with Crippen LogP contribution in [0.25, 0.3) is 22.4 Å². The van der Waals surface area contributed by atoms with E-state index in [-0.39, 0.29) is 0 Å². The lowest BCUT2D eigenvalue weighted by molar-refractivity contribution is 0.122. The Morgan fingerprint density at radius 1 is 1.00 bits per heavy atom. The Balaban J connectivity index is 1.20. The molecule has 0 aliphatic carbocycles. The summed E-state index contributed by atoms with van der Waals surface area (Å²) in [4.78, 5) is 25.8. The molecular formula is C29H30N8O2. The van der Waals surface area contributed by atoms with Gasteiger partial charge in [-0.25, -0.2) is 15.0 Å². The Hall–Kier alpha value is -4.54. The van der Waals surface area contributed by atoms with E-state index in [4.69, 9.17) is 9.72 Å².